The topological polar surface area (TPSA) is 49.8 Å². The summed E-state index contributed by atoms with van der Waals surface area (Å²) in [5.41, 5.74) is 0.770. The molecule has 0 bridgehead atoms. The lowest BCUT2D eigenvalue weighted by atomic mass is 10.3. The number of aryl methyl sites for hydroxylation is 1. The van der Waals surface area contributed by atoms with Crippen LogP contribution >= 0.6 is 0 Å². The molecule has 0 spiro atoms. The molecule has 108 valence electrons. The highest BCUT2D eigenvalue weighted by molar-refractivity contribution is 5.41. The molecule has 19 heavy (non-hydrogen) atoms. The smallest absolute Gasteiger partial charge is 0.370 e. The molecule has 0 aliphatic carbocycles. The molecule has 0 atom stereocenters. The van der Waals surface area contributed by atoms with Gasteiger partial charge in [0.2, 0.25) is 5.95 Å². The third kappa shape index (κ3) is 6.83. The normalized spacial score (nSPS) is 11.4. The zero-order chi connectivity index (χ0) is 14.3. The summed E-state index contributed by atoms with van der Waals surface area (Å²) in [6, 6.07) is 1.71. The van der Waals surface area contributed by atoms with E-state index in [9.17, 15) is 13.2 Å². The Kier molecular flexibility index (Phi) is 5.85. The van der Waals surface area contributed by atoms with Crippen LogP contribution in [0.5, 0.6) is 0 Å². The minimum atomic E-state index is -4.10. The Balaban J connectivity index is 2.46. The predicted molar refractivity (Wildman–Crippen MR) is 69.3 cm³/mol. The molecule has 0 fully saturated rings. The Hall–Kier alpha value is -1.53. The molecule has 0 saturated heterocycles. The van der Waals surface area contributed by atoms with Gasteiger partial charge >= 0.3 is 6.18 Å². The van der Waals surface area contributed by atoms with E-state index >= 15 is 0 Å². The zero-order valence-corrected chi connectivity index (χ0v) is 11.1. The lowest BCUT2D eigenvalue weighted by Gasteiger charge is -2.10. The van der Waals surface area contributed by atoms with Crippen LogP contribution in [-0.2, 0) is 0 Å². The second-order valence-corrected chi connectivity index (χ2v) is 4.29. The molecule has 0 aromatic carbocycles. The third-order valence-corrected chi connectivity index (χ3v) is 2.33. The molecule has 1 rings (SSSR count). The standard InChI is InChI=1S/C12H19F3N4/c1-3-6-17-11-18-9(2)8-10(19-11)16-7-4-5-12(13,14)15/h8H,3-7H2,1-2H3,(H2,16,17,18,19). The Labute approximate surface area is 110 Å². The fourth-order valence-corrected chi connectivity index (χ4v) is 1.48. The SMILES string of the molecule is CCCNc1nc(C)cc(NCCCC(F)(F)F)n1. The van der Waals surface area contributed by atoms with Crippen LogP contribution in [0, 0.1) is 6.92 Å². The maximum atomic E-state index is 12.0. The minimum Gasteiger partial charge on any atom is -0.370 e. The molecular weight excluding hydrogens is 257 g/mol. The van der Waals surface area contributed by atoms with Crippen molar-refractivity contribution in [3.8, 4) is 0 Å². The summed E-state index contributed by atoms with van der Waals surface area (Å²) in [5, 5.41) is 5.93. The van der Waals surface area contributed by atoms with Gasteiger partial charge in [0.1, 0.15) is 5.82 Å². The number of halogens is 3. The molecule has 1 aromatic rings. The first kappa shape index (κ1) is 15.5. The number of hydrogen-bond donors (Lipinski definition) is 2. The third-order valence-electron chi connectivity index (χ3n) is 2.33. The number of anilines is 2. The van der Waals surface area contributed by atoms with E-state index in [0.29, 0.717) is 11.8 Å². The van der Waals surface area contributed by atoms with Crippen LogP contribution in [0.3, 0.4) is 0 Å². The Morgan fingerprint density at radius 2 is 1.89 bits per heavy atom. The number of alkyl halides is 3. The van der Waals surface area contributed by atoms with E-state index in [-0.39, 0.29) is 13.0 Å². The van der Waals surface area contributed by atoms with Gasteiger partial charge in [-0.05, 0) is 19.8 Å². The second-order valence-electron chi connectivity index (χ2n) is 4.29. The van der Waals surface area contributed by atoms with Crippen molar-refractivity contribution in [1.29, 1.82) is 0 Å². The van der Waals surface area contributed by atoms with Gasteiger partial charge in [-0.2, -0.15) is 18.2 Å². The van der Waals surface area contributed by atoms with Crippen molar-refractivity contribution in [3.05, 3.63) is 11.8 Å². The van der Waals surface area contributed by atoms with E-state index in [1.54, 1.807) is 6.07 Å². The van der Waals surface area contributed by atoms with Crippen molar-refractivity contribution in [2.75, 3.05) is 23.7 Å². The van der Waals surface area contributed by atoms with Crippen LogP contribution < -0.4 is 10.6 Å². The Morgan fingerprint density at radius 3 is 2.53 bits per heavy atom. The molecule has 1 aromatic heterocycles. The minimum absolute atomic E-state index is 0.0320. The highest BCUT2D eigenvalue weighted by Crippen LogP contribution is 2.21. The van der Waals surface area contributed by atoms with Crippen molar-refractivity contribution in [2.24, 2.45) is 0 Å². The summed E-state index contributed by atoms with van der Waals surface area (Å²) < 4.78 is 36.0. The van der Waals surface area contributed by atoms with Gasteiger partial charge in [-0.1, -0.05) is 6.92 Å². The maximum Gasteiger partial charge on any atom is 0.389 e. The lowest BCUT2D eigenvalue weighted by molar-refractivity contribution is -0.134. The van der Waals surface area contributed by atoms with Gasteiger partial charge in [-0.25, -0.2) is 4.98 Å². The molecule has 2 N–H and O–H groups in total. The largest absolute Gasteiger partial charge is 0.389 e. The molecule has 0 saturated carbocycles. The number of aromatic nitrogens is 2. The van der Waals surface area contributed by atoms with E-state index in [4.69, 9.17) is 0 Å². The molecule has 0 unspecified atom stereocenters. The summed E-state index contributed by atoms with van der Waals surface area (Å²) in [7, 11) is 0. The van der Waals surface area contributed by atoms with Gasteiger partial charge < -0.3 is 10.6 Å². The summed E-state index contributed by atoms with van der Waals surface area (Å²) >= 11 is 0. The fraction of sp³-hybridized carbons (Fsp3) is 0.667. The molecule has 7 heteroatoms. The maximum absolute atomic E-state index is 12.0. The van der Waals surface area contributed by atoms with Gasteiger partial charge in [0.25, 0.3) is 0 Å². The highest BCUT2D eigenvalue weighted by Gasteiger charge is 2.25. The van der Waals surface area contributed by atoms with Crippen molar-refractivity contribution in [3.63, 3.8) is 0 Å². The number of rotatable bonds is 7. The Bertz CT molecular complexity index is 393. The first-order chi connectivity index (χ1) is 8.90. The van der Waals surface area contributed by atoms with E-state index < -0.39 is 12.6 Å². The molecule has 1 heterocycles. The van der Waals surface area contributed by atoms with E-state index in [1.165, 1.54) is 0 Å². The van der Waals surface area contributed by atoms with Crippen LogP contribution in [0.15, 0.2) is 6.07 Å². The van der Waals surface area contributed by atoms with Crippen molar-refractivity contribution < 1.29 is 13.2 Å². The average Bonchev–Trinajstić information content (AvgIpc) is 2.30. The van der Waals surface area contributed by atoms with Crippen LogP contribution in [0.4, 0.5) is 24.9 Å². The predicted octanol–water partition coefficient (Wildman–Crippen LogP) is 3.36. The van der Waals surface area contributed by atoms with Gasteiger partial charge in [-0.3, -0.25) is 0 Å². The van der Waals surface area contributed by atoms with Crippen LogP contribution in [0.25, 0.3) is 0 Å². The molecule has 0 radical (unpaired) electrons. The van der Waals surface area contributed by atoms with E-state index in [2.05, 4.69) is 20.6 Å². The van der Waals surface area contributed by atoms with Gasteiger partial charge in [0.05, 0.1) is 0 Å². The number of nitrogens with zero attached hydrogens (tertiary/aromatic N) is 2. The summed E-state index contributed by atoms with van der Waals surface area (Å²) in [6.45, 7) is 4.85. The van der Waals surface area contributed by atoms with Gasteiger partial charge in [0, 0.05) is 31.3 Å². The van der Waals surface area contributed by atoms with Crippen molar-refractivity contribution in [1.82, 2.24) is 9.97 Å². The molecule has 4 nitrogen and oxygen atoms in total. The van der Waals surface area contributed by atoms with Crippen LogP contribution in [0.2, 0.25) is 0 Å². The monoisotopic (exact) mass is 276 g/mol. The molecule has 0 amide bonds. The van der Waals surface area contributed by atoms with Crippen LogP contribution in [-0.4, -0.2) is 29.2 Å². The Morgan fingerprint density at radius 1 is 1.16 bits per heavy atom. The molecule has 0 aliphatic heterocycles. The first-order valence-electron chi connectivity index (χ1n) is 6.31. The molecule has 0 aliphatic rings. The number of hydrogen-bond acceptors (Lipinski definition) is 4. The quantitative estimate of drug-likeness (QED) is 0.750. The van der Waals surface area contributed by atoms with E-state index in [0.717, 1.165) is 18.7 Å². The van der Waals surface area contributed by atoms with E-state index in [1.807, 2.05) is 13.8 Å². The van der Waals surface area contributed by atoms with Crippen molar-refractivity contribution in [2.45, 2.75) is 39.3 Å². The van der Waals surface area contributed by atoms with Gasteiger partial charge in [-0.15, -0.1) is 0 Å². The lowest BCUT2D eigenvalue weighted by Crippen LogP contribution is -2.12. The summed E-state index contributed by atoms with van der Waals surface area (Å²) in [5.74, 6) is 1.05. The fourth-order valence-electron chi connectivity index (χ4n) is 1.48. The van der Waals surface area contributed by atoms with Crippen molar-refractivity contribution >= 4 is 11.8 Å². The second kappa shape index (κ2) is 7.16. The van der Waals surface area contributed by atoms with Gasteiger partial charge in [0.15, 0.2) is 0 Å². The summed E-state index contributed by atoms with van der Waals surface area (Å²) in [6.07, 6.45) is -3.90. The van der Waals surface area contributed by atoms with Crippen LogP contribution in [0.1, 0.15) is 31.9 Å². The zero-order valence-electron chi connectivity index (χ0n) is 11.1. The molecular formula is C12H19F3N4. The summed E-state index contributed by atoms with van der Waals surface area (Å²) in [4.78, 5) is 8.39. The first-order valence-corrected chi connectivity index (χ1v) is 6.31. The highest BCUT2D eigenvalue weighted by atomic mass is 19.4. The average molecular weight is 276 g/mol. The number of nitrogens with one attached hydrogen (secondary N) is 2.